The Hall–Kier alpha value is -0.310. The highest BCUT2D eigenvalue weighted by Crippen LogP contribution is 2.19. The van der Waals surface area contributed by atoms with Crippen LogP contribution in [-0.2, 0) is 13.0 Å². The average Bonchev–Trinajstić information content (AvgIpc) is 2.35. The van der Waals surface area contributed by atoms with Crippen molar-refractivity contribution in [1.29, 1.82) is 0 Å². The zero-order chi connectivity index (χ0) is 6.27. The van der Waals surface area contributed by atoms with Crippen LogP contribution in [0.3, 0.4) is 0 Å². The van der Waals surface area contributed by atoms with Crippen molar-refractivity contribution < 1.29 is 0 Å². The van der Waals surface area contributed by atoms with E-state index in [1.54, 1.807) is 0 Å². The minimum atomic E-state index is 1.12. The molecule has 0 spiro atoms. The molecule has 2 nitrogen and oxygen atoms in total. The maximum absolute atomic E-state index is 4.21. The maximum Gasteiger partial charge on any atom is 0.109 e. The summed E-state index contributed by atoms with van der Waals surface area (Å²) in [6.45, 7) is 1.13. The van der Waals surface area contributed by atoms with Gasteiger partial charge in [0.05, 0.1) is 6.20 Å². The predicted molar refractivity (Wildman–Crippen MR) is 38.2 cm³/mol. The van der Waals surface area contributed by atoms with Crippen LogP contribution in [0.5, 0.6) is 0 Å². The maximum atomic E-state index is 4.21. The summed E-state index contributed by atoms with van der Waals surface area (Å²) in [6.07, 6.45) is 4.27. The predicted octanol–water partition coefficient (Wildman–Crippen LogP) is 1.59. The normalized spacial score (nSPS) is 16.1. The SMILES string of the molecule is Brc1cnc2n1CCC2. The summed E-state index contributed by atoms with van der Waals surface area (Å²) >= 11 is 3.42. The Morgan fingerprint density at radius 1 is 1.67 bits per heavy atom. The molecule has 0 saturated heterocycles. The fourth-order valence-electron chi connectivity index (χ4n) is 1.22. The second-order valence-electron chi connectivity index (χ2n) is 2.25. The lowest BCUT2D eigenvalue weighted by Gasteiger charge is -1.93. The second-order valence-corrected chi connectivity index (χ2v) is 3.06. The first-order valence-corrected chi connectivity index (χ1v) is 3.87. The first-order chi connectivity index (χ1) is 4.38. The van der Waals surface area contributed by atoms with Crippen molar-refractivity contribution in [2.75, 3.05) is 0 Å². The van der Waals surface area contributed by atoms with Gasteiger partial charge in [-0.3, -0.25) is 0 Å². The topological polar surface area (TPSA) is 17.8 Å². The van der Waals surface area contributed by atoms with Crippen LogP contribution in [0.4, 0.5) is 0 Å². The smallest absolute Gasteiger partial charge is 0.109 e. The Morgan fingerprint density at radius 2 is 2.56 bits per heavy atom. The molecule has 0 saturated carbocycles. The number of aryl methyl sites for hydroxylation is 1. The highest BCUT2D eigenvalue weighted by Gasteiger charge is 2.12. The number of imidazole rings is 1. The Bertz CT molecular complexity index is 229. The Morgan fingerprint density at radius 3 is 3.33 bits per heavy atom. The molecule has 1 aliphatic heterocycles. The number of hydrogen-bond acceptors (Lipinski definition) is 1. The fourth-order valence-corrected chi connectivity index (χ4v) is 1.71. The van der Waals surface area contributed by atoms with Crippen LogP contribution in [0.2, 0.25) is 0 Å². The monoisotopic (exact) mass is 186 g/mol. The van der Waals surface area contributed by atoms with Crippen molar-refractivity contribution >= 4 is 15.9 Å². The molecule has 0 aliphatic carbocycles. The van der Waals surface area contributed by atoms with Crippen LogP contribution in [0.25, 0.3) is 0 Å². The fraction of sp³-hybridized carbons (Fsp3) is 0.500. The van der Waals surface area contributed by atoms with E-state index in [1.807, 2.05) is 6.20 Å². The van der Waals surface area contributed by atoms with E-state index in [0.29, 0.717) is 0 Å². The van der Waals surface area contributed by atoms with Gasteiger partial charge in [-0.05, 0) is 22.4 Å². The lowest BCUT2D eigenvalue weighted by molar-refractivity contribution is 0.736. The summed E-state index contributed by atoms with van der Waals surface area (Å²) in [7, 11) is 0. The second kappa shape index (κ2) is 1.84. The van der Waals surface area contributed by atoms with Gasteiger partial charge < -0.3 is 4.57 Å². The summed E-state index contributed by atoms with van der Waals surface area (Å²) in [5.41, 5.74) is 0. The highest BCUT2D eigenvalue weighted by atomic mass is 79.9. The van der Waals surface area contributed by atoms with E-state index in [0.717, 1.165) is 17.6 Å². The Kier molecular flexibility index (Phi) is 1.12. The minimum Gasteiger partial charge on any atom is -0.323 e. The third-order valence-electron chi connectivity index (χ3n) is 1.67. The molecule has 0 unspecified atom stereocenters. The molecule has 0 N–H and O–H groups in total. The molecule has 0 atom stereocenters. The number of hydrogen-bond donors (Lipinski definition) is 0. The zero-order valence-electron chi connectivity index (χ0n) is 4.97. The van der Waals surface area contributed by atoms with E-state index in [4.69, 9.17) is 0 Å². The van der Waals surface area contributed by atoms with Gasteiger partial charge in [-0.1, -0.05) is 0 Å². The van der Waals surface area contributed by atoms with Crippen LogP contribution in [-0.4, -0.2) is 9.55 Å². The van der Waals surface area contributed by atoms with Crippen LogP contribution in [0.1, 0.15) is 12.2 Å². The van der Waals surface area contributed by atoms with Crippen LogP contribution < -0.4 is 0 Å². The van der Waals surface area contributed by atoms with Crippen molar-refractivity contribution in [3.63, 3.8) is 0 Å². The molecular formula is C6H7BrN2. The molecule has 9 heavy (non-hydrogen) atoms. The van der Waals surface area contributed by atoms with E-state index in [1.165, 1.54) is 12.2 Å². The van der Waals surface area contributed by atoms with Crippen molar-refractivity contribution in [2.24, 2.45) is 0 Å². The van der Waals surface area contributed by atoms with Gasteiger partial charge in [0.2, 0.25) is 0 Å². The van der Waals surface area contributed by atoms with E-state index in [-0.39, 0.29) is 0 Å². The van der Waals surface area contributed by atoms with Crippen molar-refractivity contribution in [2.45, 2.75) is 19.4 Å². The number of halogens is 1. The summed E-state index contributed by atoms with van der Waals surface area (Å²) in [6, 6.07) is 0. The molecule has 1 aromatic heterocycles. The minimum absolute atomic E-state index is 1.12. The number of rotatable bonds is 0. The van der Waals surface area contributed by atoms with E-state index in [9.17, 15) is 0 Å². The third kappa shape index (κ3) is 0.713. The van der Waals surface area contributed by atoms with Crippen molar-refractivity contribution in [1.82, 2.24) is 9.55 Å². The van der Waals surface area contributed by atoms with Gasteiger partial charge in [-0.25, -0.2) is 4.98 Å². The van der Waals surface area contributed by atoms with Gasteiger partial charge in [0.15, 0.2) is 0 Å². The average molecular weight is 187 g/mol. The summed E-state index contributed by atoms with van der Waals surface area (Å²) in [5, 5.41) is 0. The van der Waals surface area contributed by atoms with Crippen LogP contribution >= 0.6 is 15.9 Å². The molecule has 1 aromatic rings. The van der Waals surface area contributed by atoms with Crippen LogP contribution in [0.15, 0.2) is 10.8 Å². The first-order valence-electron chi connectivity index (χ1n) is 3.08. The van der Waals surface area contributed by atoms with Crippen molar-refractivity contribution in [3.05, 3.63) is 16.6 Å². The lowest BCUT2D eigenvalue weighted by Crippen LogP contribution is -1.90. The molecule has 0 amide bonds. The number of nitrogens with zero attached hydrogens (tertiary/aromatic N) is 2. The molecule has 1 aliphatic rings. The lowest BCUT2D eigenvalue weighted by atomic mass is 10.4. The van der Waals surface area contributed by atoms with E-state index >= 15 is 0 Å². The van der Waals surface area contributed by atoms with Gasteiger partial charge in [0.1, 0.15) is 10.4 Å². The Labute approximate surface area is 62.0 Å². The van der Waals surface area contributed by atoms with Crippen LogP contribution in [0, 0.1) is 0 Å². The number of aromatic nitrogens is 2. The molecule has 0 bridgehead atoms. The molecule has 2 rings (SSSR count). The molecule has 0 fully saturated rings. The quantitative estimate of drug-likeness (QED) is 0.603. The molecule has 3 heteroatoms. The molecule has 0 radical (unpaired) electrons. The van der Waals surface area contributed by atoms with Gasteiger partial charge in [-0.15, -0.1) is 0 Å². The Balaban J connectivity index is 2.56. The van der Waals surface area contributed by atoms with E-state index < -0.39 is 0 Å². The van der Waals surface area contributed by atoms with Gasteiger partial charge in [-0.2, -0.15) is 0 Å². The molecule has 2 heterocycles. The molecule has 48 valence electrons. The number of fused-ring (bicyclic) bond motifs is 1. The standard InChI is InChI=1S/C6H7BrN2/c7-5-4-8-6-2-1-3-9(5)6/h4H,1-3H2. The summed E-state index contributed by atoms with van der Waals surface area (Å²) in [5.74, 6) is 1.22. The van der Waals surface area contributed by atoms with Gasteiger partial charge in [0, 0.05) is 13.0 Å². The highest BCUT2D eigenvalue weighted by molar-refractivity contribution is 9.10. The summed E-state index contributed by atoms with van der Waals surface area (Å²) < 4.78 is 3.33. The first kappa shape index (κ1) is 5.47. The zero-order valence-corrected chi connectivity index (χ0v) is 6.56. The molecular weight excluding hydrogens is 180 g/mol. The van der Waals surface area contributed by atoms with Gasteiger partial charge in [0.25, 0.3) is 0 Å². The third-order valence-corrected chi connectivity index (χ3v) is 2.30. The summed E-state index contributed by atoms with van der Waals surface area (Å²) in [4.78, 5) is 4.21. The van der Waals surface area contributed by atoms with E-state index in [2.05, 4.69) is 25.5 Å². The largest absolute Gasteiger partial charge is 0.323 e. The van der Waals surface area contributed by atoms with Crippen molar-refractivity contribution in [3.8, 4) is 0 Å². The van der Waals surface area contributed by atoms with Gasteiger partial charge >= 0.3 is 0 Å². The molecule has 0 aromatic carbocycles.